The number of imidazole rings is 1. The third-order valence-electron chi connectivity index (χ3n) is 5.72. The van der Waals surface area contributed by atoms with E-state index in [1.807, 2.05) is 60.9 Å². The third-order valence-corrected chi connectivity index (χ3v) is 5.72. The normalized spacial score (nSPS) is 15.3. The van der Waals surface area contributed by atoms with Crippen LogP contribution in [0.15, 0.2) is 48.5 Å². The highest BCUT2D eigenvalue weighted by Gasteiger charge is 2.22. The molecule has 1 atom stereocenters. The Morgan fingerprint density at radius 3 is 2.67 bits per heavy atom. The summed E-state index contributed by atoms with van der Waals surface area (Å²) in [5.74, 6) is 0.516. The fourth-order valence-electron chi connectivity index (χ4n) is 4.21. The number of benzene rings is 2. The van der Waals surface area contributed by atoms with E-state index in [1.165, 1.54) is 12.8 Å². The number of nitrogens with one attached hydrogen (secondary N) is 2. The maximum absolute atomic E-state index is 12.7. The first kappa shape index (κ1) is 20.1. The van der Waals surface area contributed by atoms with Crippen molar-refractivity contribution in [2.24, 2.45) is 0 Å². The molecule has 0 radical (unpaired) electrons. The van der Waals surface area contributed by atoms with Gasteiger partial charge in [-0.3, -0.25) is 9.59 Å². The van der Waals surface area contributed by atoms with Crippen LogP contribution in [0.25, 0.3) is 11.0 Å². The van der Waals surface area contributed by atoms with E-state index in [-0.39, 0.29) is 30.4 Å². The first-order valence-electron chi connectivity index (χ1n) is 10.6. The zero-order valence-electron chi connectivity index (χ0n) is 17.5. The molecule has 1 saturated carbocycles. The Kier molecular flexibility index (Phi) is 5.84. The molecule has 156 valence electrons. The molecule has 1 unspecified atom stereocenters. The molecule has 0 spiro atoms. The largest absolute Gasteiger partial charge is 0.352 e. The lowest BCUT2D eigenvalue weighted by Gasteiger charge is -2.18. The van der Waals surface area contributed by atoms with E-state index in [0.717, 1.165) is 29.4 Å². The molecule has 4 rings (SSSR count). The minimum atomic E-state index is -0.343. The molecule has 6 heteroatoms. The van der Waals surface area contributed by atoms with Gasteiger partial charge in [0.1, 0.15) is 12.4 Å². The molecule has 30 heavy (non-hydrogen) atoms. The van der Waals surface area contributed by atoms with Crippen LogP contribution in [0.2, 0.25) is 0 Å². The fourth-order valence-corrected chi connectivity index (χ4v) is 4.21. The van der Waals surface area contributed by atoms with Gasteiger partial charge in [-0.05, 0) is 51.0 Å². The van der Waals surface area contributed by atoms with Gasteiger partial charge in [0, 0.05) is 11.6 Å². The first-order chi connectivity index (χ1) is 14.5. The summed E-state index contributed by atoms with van der Waals surface area (Å²) in [4.78, 5) is 30.2. The number of hydrogen-bond acceptors (Lipinski definition) is 3. The smallest absolute Gasteiger partial charge is 0.251 e. The standard InChI is InChI=1S/C24H28N4O2/c1-16-8-7-9-18(14-16)24(30)25-17(2)23-27-20-12-5-6-13-21(20)28(23)15-22(29)26-19-10-3-4-11-19/h5-9,12-14,17,19H,3-4,10-11,15H2,1-2H3,(H,25,30)(H,26,29). The van der Waals surface area contributed by atoms with Gasteiger partial charge >= 0.3 is 0 Å². The SMILES string of the molecule is Cc1cccc(C(=O)NC(C)c2nc3ccccc3n2CC(=O)NC2CCCC2)c1. The average molecular weight is 405 g/mol. The molecule has 1 fully saturated rings. The van der Waals surface area contributed by atoms with Crippen molar-refractivity contribution in [3.05, 3.63) is 65.5 Å². The highest BCUT2D eigenvalue weighted by molar-refractivity contribution is 5.94. The third kappa shape index (κ3) is 4.37. The lowest BCUT2D eigenvalue weighted by atomic mass is 10.1. The van der Waals surface area contributed by atoms with Crippen LogP contribution in [0, 0.1) is 6.92 Å². The van der Waals surface area contributed by atoms with Crippen LogP contribution in [0.1, 0.15) is 60.4 Å². The van der Waals surface area contributed by atoms with Crippen molar-refractivity contribution in [2.45, 2.75) is 58.2 Å². The maximum Gasteiger partial charge on any atom is 0.251 e. The summed E-state index contributed by atoms with van der Waals surface area (Å²) >= 11 is 0. The lowest BCUT2D eigenvalue weighted by molar-refractivity contribution is -0.122. The van der Waals surface area contributed by atoms with Gasteiger partial charge in [0.05, 0.1) is 17.1 Å². The van der Waals surface area contributed by atoms with Gasteiger partial charge in [0.15, 0.2) is 0 Å². The van der Waals surface area contributed by atoms with Crippen molar-refractivity contribution in [2.75, 3.05) is 0 Å². The Hall–Kier alpha value is -3.15. The number of rotatable bonds is 6. The highest BCUT2D eigenvalue weighted by atomic mass is 16.2. The molecular formula is C24H28N4O2. The van der Waals surface area contributed by atoms with E-state index in [0.29, 0.717) is 11.4 Å². The van der Waals surface area contributed by atoms with Gasteiger partial charge in [0.25, 0.3) is 5.91 Å². The number of hydrogen-bond donors (Lipinski definition) is 2. The Morgan fingerprint density at radius 1 is 1.13 bits per heavy atom. The van der Waals surface area contributed by atoms with Crippen LogP contribution in [0.4, 0.5) is 0 Å². The number of nitrogens with zero attached hydrogens (tertiary/aromatic N) is 2. The molecule has 2 N–H and O–H groups in total. The zero-order chi connectivity index (χ0) is 21.1. The Balaban J connectivity index is 1.57. The lowest BCUT2D eigenvalue weighted by Crippen LogP contribution is -2.36. The molecule has 1 aromatic heterocycles. The fraction of sp³-hybridized carbons (Fsp3) is 0.375. The summed E-state index contributed by atoms with van der Waals surface area (Å²) < 4.78 is 1.92. The summed E-state index contributed by atoms with van der Waals surface area (Å²) in [6, 6.07) is 15.2. The molecule has 6 nitrogen and oxygen atoms in total. The van der Waals surface area contributed by atoms with Crippen LogP contribution in [-0.4, -0.2) is 27.4 Å². The molecule has 0 aliphatic heterocycles. The van der Waals surface area contributed by atoms with Gasteiger partial charge in [-0.2, -0.15) is 0 Å². The van der Waals surface area contributed by atoms with E-state index in [1.54, 1.807) is 6.07 Å². The second kappa shape index (κ2) is 8.69. The second-order valence-electron chi connectivity index (χ2n) is 8.16. The van der Waals surface area contributed by atoms with Gasteiger partial charge < -0.3 is 15.2 Å². The number of carbonyl (C=O) groups excluding carboxylic acids is 2. The van der Waals surface area contributed by atoms with Crippen LogP contribution in [0.5, 0.6) is 0 Å². The Labute approximate surface area is 176 Å². The van der Waals surface area contributed by atoms with E-state index >= 15 is 0 Å². The van der Waals surface area contributed by atoms with Crippen LogP contribution in [-0.2, 0) is 11.3 Å². The molecule has 3 aromatic rings. The number of fused-ring (bicyclic) bond motifs is 1. The average Bonchev–Trinajstić information content (AvgIpc) is 3.36. The zero-order valence-corrected chi connectivity index (χ0v) is 17.5. The molecule has 0 bridgehead atoms. The Morgan fingerprint density at radius 2 is 1.90 bits per heavy atom. The highest BCUT2D eigenvalue weighted by Crippen LogP contribution is 2.22. The molecule has 2 aromatic carbocycles. The Bertz CT molecular complexity index is 1070. The van der Waals surface area contributed by atoms with Gasteiger partial charge in [-0.25, -0.2) is 4.98 Å². The monoisotopic (exact) mass is 404 g/mol. The molecule has 1 aliphatic rings. The van der Waals surface area contributed by atoms with Gasteiger partial charge in [0.2, 0.25) is 5.91 Å². The van der Waals surface area contributed by atoms with E-state index in [4.69, 9.17) is 4.98 Å². The predicted octanol–water partition coefficient (Wildman–Crippen LogP) is 3.89. The van der Waals surface area contributed by atoms with E-state index in [2.05, 4.69) is 10.6 Å². The summed E-state index contributed by atoms with van der Waals surface area (Å²) in [5.41, 5.74) is 3.36. The van der Waals surface area contributed by atoms with Crippen LogP contribution in [0.3, 0.4) is 0 Å². The number of aryl methyl sites for hydroxylation is 1. The molecule has 1 aliphatic carbocycles. The summed E-state index contributed by atoms with van der Waals surface area (Å²) in [6.07, 6.45) is 4.44. The first-order valence-corrected chi connectivity index (χ1v) is 10.6. The summed E-state index contributed by atoms with van der Waals surface area (Å²) in [6.45, 7) is 4.06. The number of carbonyl (C=O) groups is 2. The van der Waals surface area contributed by atoms with Crippen molar-refractivity contribution in [3.63, 3.8) is 0 Å². The molecule has 2 amide bonds. The quantitative estimate of drug-likeness (QED) is 0.654. The van der Waals surface area contributed by atoms with Crippen LogP contribution >= 0.6 is 0 Å². The summed E-state index contributed by atoms with van der Waals surface area (Å²) in [5, 5.41) is 6.18. The van der Waals surface area contributed by atoms with Crippen molar-refractivity contribution < 1.29 is 9.59 Å². The number of aromatic nitrogens is 2. The van der Waals surface area contributed by atoms with Crippen molar-refractivity contribution in [1.29, 1.82) is 0 Å². The van der Waals surface area contributed by atoms with Crippen molar-refractivity contribution in [3.8, 4) is 0 Å². The van der Waals surface area contributed by atoms with Crippen molar-refractivity contribution in [1.82, 2.24) is 20.2 Å². The maximum atomic E-state index is 12.7. The van der Waals surface area contributed by atoms with Gasteiger partial charge in [-0.15, -0.1) is 0 Å². The van der Waals surface area contributed by atoms with Gasteiger partial charge in [-0.1, -0.05) is 42.7 Å². The molecule has 0 saturated heterocycles. The predicted molar refractivity (Wildman–Crippen MR) is 117 cm³/mol. The molecule has 1 heterocycles. The topological polar surface area (TPSA) is 76.0 Å². The van der Waals surface area contributed by atoms with Crippen molar-refractivity contribution >= 4 is 22.8 Å². The number of amides is 2. The summed E-state index contributed by atoms with van der Waals surface area (Å²) in [7, 11) is 0. The minimum Gasteiger partial charge on any atom is -0.352 e. The number of para-hydroxylation sites is 2. The minimum absolute atomic E-state index is 0.0106. The van der Waals surface area contributed by atoms with E-state index in [9.17, 15) is 9.59 Å². The second-order valence-corrected chi connectivity index (χ2v) is 8.16. The molecular weight excluding hydrogens is 376 g/mol. The van der Waals surface area contributed by atoms with E-state index < -0.39 is 0 Å². The van der Waals surface area contributed by atoms with Crippen LogP contribution < -0.4 is 10.6 Å².